The number of nitro groups is 2. The molecule has 5 rings (SSSR count). The minimum Gasteiger partial charge on any atom is -0.497 e. The predicted octanol–water partition coefficient (Wildman–Crippen LogP) is 2.64. The molecule has 0 aliphatic carbocycles. The van der Waals surface area contributed by atoms with Crippen LogP contribution in [-0.2, 0) is 35.2 Å². The number of nitro benzene ring substituents is 2. The van der Waals surface area contributed by atoms with Gasteiger partial charge >= 0.3 is 11.6 Å². The van der Waals surface area contributed by atoms with Gasteiger partial charge in [-0.05, 0) is 81.0 Å². The number of non-ortho nitro benzene ring substituents is 1. The number of carbonyl (C=O) groups excluding carboxylic acids is 5. The van der Waals surface area contributed by atoms with Gasteiger partial charge in [0.25, 0.3) is 11.4 Å². The number of rotatable bonds is 21. The Kier molecular flexibility index (Phi) is 16.3. The summed E-state index contributed by atoms with van der Waals surface area (Å²) in [5.41, 5.74) is -0.847. The lowest BCUT2D eigenvalue weighted by atomic mass is 10.0. The van der Waals surface area contributed by atoms with Gasteiger partial charge in [-0.15, -0.1) is 0 Å². The smallest absolute Gasteiger partial charge is 0.336 e. The van der Waals surface area contributed by atoms with Crippen LogP contribution < -0.4 is 31.6 Å². The molecule has 2 fully saturated rings. The maximum absolute atomic E-state index is 13.7. The topological polar surface area (TPSA) is 303 Å². The highest BCUT2D eigenvalue weighted by Gasteiger charge is 2.38. The number of amides is 5. The fraction of sp³-hybridized carbons (Fsp3) is 0.500. The molecule has 5 amide bonds. The van der Waals surface area contributed by atoms with Gasteiger partial charge in [-0.1, -0.05) is 13.8 Å². The van der Waals surface area contributed by atoms with Crippen LogP contribution in [0.4, 0.5) is 17.1 Å². The molecule has 0 spiro atoms. The van der Waals surface area contributed by atoms with E-state index in [0.29, 0.717) is 42.4 Å². The average molecular weight is 893 g/mol. The monoisotopic (exact) mass is 892 g/mol. The van der Waals surface area contributed by atoms with Gasteiger partial charge < -0.3 is 45.3 Å². The summed E-state index contributed by atoms with van der Waals surface area (Å²) in [6.45, 7) is 3.83. The molecule has 3 aromatic rings. The van der Waals surface area contributed by atoms with Crippen LogP contribution in [-0.4, -0.2) is 118 Å². The molecule has 2 aromatic carbocycles. The van der Waals surface area contributed by atoms with Crippen molar-refractivity contribution in [2.24, 2.45) is 5.92 Å². The fourth-order valence-electron chi connectivity index (χ4n) is 7.94. The van der Waals surface area contributed by atoms with Gasteiger partial charge in [-0.25, -0.2) is 9.59 Å². The molecule has 22 heteroatoms. The Hall–Kier alpha value is -7.13. The van der Waals surface area contributed by atoms with Crippen LogP contribution in [0.15, 0.2) is 51.7 Å². The molecule has 64 heavy (non-hydrogen) atoms. The lowest BCUT2D eigenvalue weighted by Gasteiger charge is -2.28. The lowest BCUT2D eigenvalue weighted by molar-refractivity contribution is -0.393. The highest BCUT2D eigenvalue weighted by Crippen LogP contribution is 2.29. The summed E-state index contributed by atoms with van der Waals surface area (Å²) in [5, 5.41) is 43.4. The van der Waals surface area contributed by atoms with Gasteiger partial charge in [0.15, 0.2) is 0 Å². The molecule has 0 saturated carbocycles. The average Bonchev–Trinajstić information content (AvgIpc) is 3.96. The molecule has 3 heterocycles. The van der Waals surface area contributed by atoms with Crippen molar-refractivity contribution in [3.8, 4) is 5.75 Å². The molecule has 4 unspecified atom stereocenters. The number of unbranched alkanes of at least 4 members (excludes halogenated alkanes) is 1. The largest absolute Gasteiger partial charge is 0.497 e. The van der Waals surface area contributed by atoms with Gasteiger partial charge in [-0.3, -0.25) is 44.2 Å². The highest BCUT2D eigenvalue weighted by atomic mass is 16.6. The fourth-order valence-corrected chi connectivity index (χ4v) is 7.94. The van der Waals surface area contributed by atoms with Crippen LogP contribution in [0.5, 0.6) is 5.75 Å². The number of carboxylic acid groups (broad SMARTS) is 1. The molecule has 0 radical (unpaired) electrons. The Labute approximate surface area is 366 Å². The molecular formula is C42H52N8O14. The van der Waals surface area contributed by atoms with E-state index in [1.807, 2.05) is 13.8 Å². The van der Waals surface area contributed by atoms with Gasteiger partial charge in [0.05, 0.1) is 36.0 Å². The van der Waals surface area contributed by atoms with Crippen molar-refractivity contribution in [1.29, 1.82) is 0 Å². The number of anilines is 1. The number of methoxy groups -OCH3 is 1. The Balaban J connectivity index is 1.12. The first kappa shape index (κ1) is 47.9. The molecule has 2 saturated heterocycles. The number of ether oxygens (including phenoxy) is 1. The van der Waals surface area contributed by atoms with Gasteiger partial charge in [0, 0.05) is 43.2 Å². The first-order valence-electron chi connectivity index (χ1n) is 20.9. The second-order valence-corrected chi connectivity index (χ2v) is 16.1. The number of aliphatic carboxylic acids is 1. The number of fused-ring (bicyclic) bond motifs is 1. The zero-order chi connectivity index (χ0) is 46.7. The Bertz CT molecular complexity index is 2330. The maximum Gasteiger partial charge on any atom is 0.336 e. The number of hydrogen-bond donors (Lipinski definition) is 5. The minimum atomic E-state index is -1.31. The zero-order valence-electron chi connectivity index (χ0n) is 35.7. The van der Waals surface area contributed by atoms with Crippen LogP contribution in [0.3, 0.4) is 0 Å². The van der Waals surface area contributed by atoms with Gasteiger partial charge in [-0.2, -0.15) is 0 Å². The highest BCUT2D eigenvalue weighted by molar-refractivity contribution is 5.96. The first-order valence-corrected chi connectivity index (χ1v) is 20.9. The van der Waals surface area contributed by atoms with Crippen LogP contribution in [0.1, 0.15) is 70.8 Å². The van der Waals surface area contributed by atoms with Crippen molar-refractivity contribution in [2.45, 2.75) is 95.8 Å². The van der Waals surface area contributed by atoms with Crippen LogP contribution in [0.25, 0.3) is 11.0 Å². The molecular weight excluding hydrogens is 841 g/mol. The number of nitrogens with zero attached hydrogens (tertiary/aromatic N) is 4. The number of hydrogen-bond acceptors (Lipinski definition) is 14. The van der Waals surface area contributed by atoms with E-state index in [1.165, 1.54) is 29.0 Å². The van der Waals surface area contributed by atoms with Crippen LogP contribution in [0.2, 0.25) is 0 Å². The molecule has 2 aliphatic rings. The van der Waals surface area contributed by atoms with Crippen molar-refractivity contribution in [1.82, 2.24) is 25.8 Å². The summed E-state index contributed by atoms with van der Waals surface area (Å²) in [6, 6.07) is 5.05. The van der Waals surface area contributed by atoms with E-state index in [-0.39, 0.29) is 74.8 Å². The van der Waals surface area contributed by atoms with E-state index in [1.54, 1.807) is 18.2 Å². The van der Waals surface area contributed by atoms with Crippen molar-refractivity contribution >= 4 is 63.5 Å². The Morgan fingerprint density at radius 2 is 1.53 bits per heavy atom. The Morgan fingerprint density at radius 3 is 2.14 bits per heavy atom. The molecule has 5 N–H and O–H groups in total. The van der Waals surface area contributed by atoms with Crippen molar-refractivity contribution < 1.29 is 52.9 Å². The standard InChI is InChI=1S/C42H52N8O14/c1-24(2)18-31(46-41(56)32-9-6-16-47(32)36(51)19-25-20-38(53)64-35-22-27(63-3)12-13-28(25)35)39(54)44-23-37(52)48-17-7-10-33(48)40(55)45-30(42(57)58)8-4-5-15-43-29-14-11-26(49(59)60)21-34(29)50(61)62/h11-14,20-22,24,30-33,43H,4-10,15-19,23H2,1-3H3,(H,44,54)(H,45,55)(H,46,56)(H,57,58). The molecule has 2 aliphatic heterocycles. The summed E-state index contributed by atoms with van der Waals surface area (Å²) in [7, 11) is 1.47. The molecule has 1 aromatic heterocycles. The minimum absolute atomic E-state index is 0.00335. The lowest BCUT2D eigenvalue weighted by Crippen LogP contribution is -2.55. The molecule has 4 atom stereocenters. The molecule has 0 bridgehead atoms. The van der Waals surface area contributed by atoms with E-state index in [4.69, 9.17) is 9.15 Å². The zero-order valence-corrected chi connectivity index (χ0v) is 35.7. The third-order valence-electron chi connectivity index (χ3n) is 11.1. The summed E-state index contributed by atoms with van der Waals surface area (Å²) >= 11 is 0. The van der Waals surface area contributed by atoms with Crippen molar-refractivity contribution in [2.75, 3.05) is 38.6 Å². The number of carboxylic acids is 1. The van der Waals surface area contributed by atoms with E-state index in [0.717, 1.165) is 12.1 Å². The summed E-state index contributed by atoms with van der Waals surface area (Å²) in [4.78, 5) is 116. The second kappa shape index (κ2) is 21.8. The third-order valence-corrected chi connectivity index (χ3v) is 11.1. The SMILES string of the molecule is COc1ccc2c(CC(=O)N3CCCC3C(=O)NC(CC(C)C)C(=O)NCC(=O)N3CCCC3C(=O)NC(CCCCNc3ccc([N+](=O)[O-])cc3[N+](=O)[O-])C(=O)O)cc(=O)oc2c1. The molecule has 22 nitrogen and oxygen atoms in total. The van der Waals surface area contributed by atoms with Crippen LogP contribution in [0, 0.1) is 26.1 Å². The maximum atomic E-state index is 13.7. The third kappa shape index (κ3) is 12.3. The van der Waals surface area contributed by atoms with E-state index in [2.05, 4.69) is 21.3 Å². The predicted molar refractivity (Wildman–Crippen MR) is 228 cm³/mol. The van der Waals surface area contributed by atoms with Gasteiger partial charge in [0.2, 0.25) is 29.5 Å². The second-order valence-electron chi connectivity index (χ2n) is 16.1. The normalized spacial score (nSPS) is 16.8. The van der Waals surface area contributed by atoms with Crippen molar-refractivity contribution in [3.63, 3.8) is 0 Å². The number of nitrogens with one attached hydrogen (secondary N) is 4. The number of benzene rings is 2. The Morgan fingerprint density at radius 1 is 0.875 bits per heavy atom. The van der Waals surface area contributed by atoms with Gasteiger partial charge in [0.1, 0.15) is 41.2 Å². The van der Waals surface area contributed by atoms with E-state index < -0.39 is 87.2 Å². The number of likely N-dealkylation sites (tertiary alicyclic amines) is 2. The van der Waals surface area contributed by atoms with Crippen LogP contribution >= 0.6 is 0 Å². The van der Waals surface area contributed by atoms with Crippen molar-refractivity contribution in [3.05, 3.63) is 78.7 Å². The molecule has 344 valence electrons. The van der Waals surface area contributed by atoms with E-state index in [9.17, 15) is 58.9 Å². The first-order chi connectivity index (χ1) is 30.5. The quantitative estimate of drug-likeness (QED) is 0.0444. The van der Waals surface area contributed by atoms with E-state index >= 15 is 0 Å². The summed E-state index contributed by atoms with van der Waals surface area (Å²) < 4.78 is 10.5. The number of carbonyl (C=O) groups is 6. The summed E-state index contributed by atoms with van der Waals surface area (Å²) in [6.07, 6.45) is 2.21. The summed E-state index contributed by atoms with van der Waals surface area (Å²) in [5.74, 6) is -3.76.